The van der Waals surface area contributed by atoms with Crippen molar-refractivity contribution in [1.82, 2.24) is 25.4 Å². The van der Waals surface area contributed by atoms with Gasteiger partial charge in [0.1, 0.15) is 30.0 Å². The van der Waals surface area contributed by atoms with E-state index in [0.717, 1.165) is 39.6 Å². The SMILES string of the molecule is CNCC(O)COc1ccc(Cl)c(-c2nc(-c3c(C)noc3C)c(C)c(N3Cc4cc(Cl)cnc4C3)n2)c1. The van der Waals surface area contributed by atoms with Gasteiger partial charge < -0.3 is 24.6 Å². The first-order valence-corrected chi connectivity index (χ1v) is 13.0. The van der Waals surface area contributed by atoms with Crippen LogP contribution in [0.2, 0.25) is 10.0 Å². The molecule has 11 heteroatoms. The van der Waals surface area contributed by atoms with E-state index in [1.165, 1.54) is 0 Å². The van der Waals surface area contributed by atoms with Gasteiger partial charge in [0.25, 0.3) is 0 Å². The lowest BCUT2D eigenvalue weighted by Gasteiger charge is -2.22. The lowest BCUT2D eigenvalue weighted by atomic mass is 10.0. The van der Waals surface area contributed by atoms with Crippen molar-refractivity contribution < 1.29 is 14.4 Å². The van der Waals surface area contributed by atoms with Crippen molar-refractivity contribution >= 4 is 29.0 Å². The first kappa shape index (κ1) is 26.4. The molecule has 4 aromatic rings. The highest BCUT2D eigenvalue weighted by Crippen LogP contribution is 2.39. The van der Waals surface area contributed by atoms with Gasteiger partial charge in [-0.15, -0.1) is 0 Å². The normalized spacial score (nSPS) is 13.6. The van der Waals surface area contributed by atoms with Gasteiger partial charge in [0.05, 0.1) is 39.2 Å². The Kier molecular flexibility index (Phi) is 7.54. The lowest BCUT2D eigenvalue weighted by Crippen LogP contribution is -2.29. The molecule has 0 spiro atoms. The topological polar surface area (TPSA) is 109 Å². The molecule has 198 valence electrons. The van der Waals surface area contributed by atoms with Gasteiger partial charge in [0, 0.05) is 30.4 Å². The van der Waals surface area contributed by atoms with Crippen molar-refractivity contribution in [1.29, 1.82) is 0 Å². The fraction of sp³-hybridized carbons (Fsp3) is 0.333. The van der Waals surface area contributed by atoms with Crippen molar-refractivity contribution in [3.63, 3.8) is 0 Å². The number of ether oxygens (including phenoxy) is 1. The van der Waals surface area contributed by atoms with E-state index in [-0.39, 0.29) is 6.61 Å². The summed E-state index contributed by atoms with van der Waals surface area (Å²) in [7, 11) is 1.77. The minimum absolute atomic E-state index is 0.133. The molecule has 1 unspecified atom stereocenters. The van der Waals surface area contributed by atoms with Gasteiger partial charge in [-0.2, -0.15) is 0 Å². The van der Waals surface area contributed by atoms with Crippen LogP contribution in [0.1, 0.15) is 28.3 Å². The minimum atomic E-state index is -0.647. The van der Waals surface area contributed by atoms with E-state index in [4.69, 9.17) is 42.4 Å². The average Bonchev–Trinajstić information content (AvgIpc) is 3.46. The predicted molar refractivity (Wildman–Crippen MR) is 147 cm³/mol. The number of aliphatic hydroxyl groups is 1. The van der Waals surface area contributed by atoms with Crippen LogP contribution in [-0.2, 0) is 13.1 Å². The summed E-state index contributed by atoms with van der Waals surface area (Å²) in [6.07, 6.45) is 1.02. The fourth-order valence-corrected chi connectivity index (χ4v) is 5.01. The molecule has 1 aliphatic rings. The van der Waals surface area contributed by atoms with Crippen LogP contribution in [0.25, 0.3) is 22.6 Å². The number of benzene rings is 1. The number of rotatable bonds is 8. The molecule has 1 aromatic carbocycles. The standard InChI is InChI=1S/C27H28Cl2N6O3/c1-14-25(24-15(2)34-38-16(24)3)32-26(21-8-20(5-6-22(21)29)37-13-19(36)10-30-4)33-27(14)35-11-17-7-18(28)9-31-23(17)12-35/h5-9,19,30,36H,10-13H2,1-4H3. The number of likely N-dealkylation sites (N-methyl/N-ethyl adjacent to an activating group) is 1. The number of anilines is 1. The summed E-state index contributed by atoms with van der Waals surface area (Å²) in [6, 6.07) is 7.23. The third kappa shape index (κ3) is 5.19. The van der Waals surface area contributed by atoms with Crippen LogP contribution in [0.3, 0.4) is 0 Å². The second-order valence-corrected chi connectivity index (χ2v) is 10.2. The molecule has 0 saturated heterocycles. The van der Waals surface area contributed by atoms with E-state index in [1.54, 1.807) is 31.4 Å². The molecular weight excluding hydrogens is 527 g/mol. The summed E-state index contributed by atoms with van der Waals surface area (Å²) in [4.78, 5) is 16.6. The Morgan fingerprint density at radius 2 is 1.97 bits per heavy atom. The monoisotopic (exact) mass is 554 g/mol. The number of aromatic nitrogens is 4. The van der Waals surface area contributed by atoms with Crippen molar-refractivity contribution in [2.75, 3.05) is 25.1 Å². The van der Waals surface area contributed by atoms with Crippen LogP contribution >= 0.6 is 23.2 Å². The minimum Gasteiger partial charge on any atom is -0.491 e. The Labute approximate surface area is 230 Å². The molecule has 1 aliphatic heterocycles. The molecule has 0 bridgehead atoms. The molecule has 0 saturated carbocycles. The number of fused-ring (bicyclic) bond motifs is 1. The second kappa shape index (κ2) is 10.9. The zero-order valence-electron chi connectivity index (χ0n) is 21.5. The first-order valence-electron chi connectivity index (χ1n) is 12.2. The summed E-state index contributed by atoms with van der Waals surface area (Å²) in [5.74, 6) is 2.41. The highest BCUT2D eigenvalue weighted by atomic mass is 35.5. The maximum absolute atomic E-state index is 10.1. The molecule has 0 aliphatic carbocycles. The van der Waals surface area contributed by atoms with Crippen molar-refractivity contribution in [2.24, 2.45) is 0 Å². The molecule has 0 radical (unpaired) electrons. The van der Waals surface area contributed by atoms with E-state index in [2.05, 4.69) is 20.4 Å². The molecule has 9 nitrogen and oxygen atoms in total. The van der Waals surface area contributed by atoms with Gasteiger partial charge in [-0.25, -0.2) is 9.97 Å². The molecule has 4 heterocycles. The number of hydrogen-bond donors (Lipinski definition) is 2. The molecule has 0 fully saturated rings. The van der Waals surface area contributed by atoms with E-state index < -0.39 is 6.10 Å². The summed E-state index contributed by atoms with van der Waals surface area (Å²) in [6.45, 7) is 7.51. The first-order chi connectivity index (χ1) is 18.2. The third-order valence-electron chi connectivity index (χ3n) is 6.48. The van der Waals surface area contributed by atoms with Gasteiger partial charge in [-0.3, -0.25) is 4.98 Å². The van der Waals surface area contributed by atoms with Gasteiger partial charge >= 0.3 is 0 Å². The summed E-state index contributed by atoms with van der Waals surface area (Å²) < 4.78 is 11.3. The smallest absolute Gasteiger partial charge is 0.163 e. The van der Waals surface area contributed by atoms with Crippen molar-refractivity contribution in [3.8, 4) is 28.4 Å². The number of pyridine rings is 1. The summed E-state index contributed by atoms with van der Waals surface area (Å²) in [5.41, 5.74) is 5.80. The highest BCUT2D eigenvalue weighted by molar-refractivity contribution is 6.33. The third-order valence-corrected chi connectivity index (χ3v) is 7.02. The van der Waals surface area contributed by atoms with Crippen LogP contribution in [-0.4, -0.2) is 51.5 Å². The van der Waals surface area contributed by atoms with Gasteiger partial charge in [0.2, 0.25) is 0 Å². The van der Waals surface area contributed by atoms with Gasteiger partial charge in [0.15, 0.2) is 5.82 Å². The number of hydrogen-bond acceptors (Lipinski definition) is 9. The van der Waals surface area contributed by atoms with Crippen molar-refractivity contribution in [3.05, 3.63) is 68.8 Å². The lowest BCUT2D eigenvalue weighted by molar-refractivity contribution is 0.108. The maximum atomic E-state index is 10.1. The molecule has 38 heavy (non-hydrogen) atoms. The van der Waals surface area contributed by atoms with E-state index in [9.17, 15) is 5.11 Å². The van der Waals surface area contributed by atoms with Crippen LogP contribution in [0.15, 0.2) is 35.0 Å². The summed E-state index contributed by atoms with van der Waals surface area (Å²) in [5, 5.41) is 18.2. The number of halogens is 2. The van der Waals surface area contributed by atoms with Crippen LogP contribution in [0.5, 0.6) is 5.75 Å². The summed E-state index contributed by atoms with van der Waals surface area (Å²) >= 11 is 12.9. The Morgan fingerprint density at radius 1 is 1.16 bits per heavy atom. The van der Waals surface area contributed by atoms with E-state index >= 15 is 0 Å². The Bertz CT molecular complexity index is 1470. The van der Waals surface area contributed by atoms with Crippen LogP contribution in [0, 0.1) is 20.8 Å². The molecule has 3 aromatic heterocycles. The van der Waals surface area contributed by atoms with Gasteiger partial charge in [-0.05, 0) is 57.6 Å². The molecule has 1 atom stereocenters. The van der Waals surface area contributed by atoms with Crippen molar-refractivity contribution in [2.45, 2.75) is 40.0 Å². The Morgan fingerprint density at radius 3 is 2.71 bits per heavy atom. The largest absolute Gasteiger partial charge is 0.491 e. The zero-order chi connectivity index (χ0) is 27.0. The van der Waals surface area contributed by atoms with E-state index in [0.29, 0.717) is 52.6 Å². The quantitative estimate of drug-likeness (QED) is 0.314. The highest BCUT2D eigenvalue weighted by Gasteiger charge is 2.28. The average molecular weight is 555 g/mol. The van der Waals surface area contributed by atoms with Crippen LogP contribution in [0.4, 0.5) is 5.82 Å². The van der Waals surface area contributed by atoms with E-state index in [1.807, 2.05) is 26.8 Å². The van der Waals surface area contributed by atoms with Gasteiger partial charge in [-0.1, -0.05) is 28.4 Å². The number of nitrogens with one attached hydrogen (secondary N) is 1. The molecule has 5 rings (SSSR count). The Hall–Kier alpha value is -3.24. The number of aliphatic hydroxyl groups excluding tert-OH is 1. The predicted octanol–water partition coefficient (Wildman–Crippen LogP) is 4.90. The molecule has 0 amide bonds. The Balaban J connectivity index is 1.60. The molecule has 2 N–H and O–H groups in total. The second-order valence-electron chi connectivity index (χ2n) is 9.32. The number of nitrogens with zero attached hydrogens (tertiary/aromatic N) is 5. The number of aryl methyl sites for hydroxylation is 2. The zero-order valence-corrected chi connectivity index (χ0v) is 23.1. The fourth-order valence-electron chi connectivity index (χ4n) is 4.63. The molecular formula is C27H28Cl2N6O3. The maximum Gasteiger partial charge on any atom is 0.163 e. The van der Waals surface area contributed by atoms with Crippen LogP contribution < -0.4 is 15.0 Å².